The van der Waals surface area contributed by atoms with Crippen LogP contribution in [-0.2, 0) is 11.2 Å². The standard InChI is InChI=1S/C27H35N3O3S/c1-3-5-17-33-23-10-8-22(9-11-23)26(31)30(14-6-13-29-15-18-32-19-16-29)27-28-24-12-7-21(4-2)20-25(24)34-27/h7-12,20H,3-6,13-19H2,1-2H3. The summed E-state index contributed by atoms with van der Waals surface area (Å²) in [6.07, 6.45) is 3.99. The summed E-state index contributed by atoms with van der Waals surface area (Å²) >= 11 is 1.60. The van der Waals surface area contributed by atoms with Crippen LogP contribution in [0.3, 0.4) is 0 Å². The molecule has 0 aliphatic carbocycles. The van der Waals surface area contributed by atoms with E-state index in [-0.39, 0.29) is 5.91 Å². The molecule has 0 spiro atoms. The van der Waals surface area contributed by atoms with Gasteiger partial charge >= 0.3 is 0 Å². The fourth-order valence-electron chi connectivity index (χ4n) is 4.04. The number of ether oxygens (including phenoxy) is 2. The van der Waals surface area contributed by atoms with Gasteiger partial charge in [-0.15, -0.1) is 0 Å². The van der Waals surface area contributed by atoms with Crippen LogP contribution in [-0.4, -0.2) is 61.8 Å². The highest BCUT2D eigenvalue weighted by atomic mass is 32.1. The van der Waals surface area contributed by atoms with E-state index in [1.807, 2.05) is 29.2 Å². The third-order valence-corrected chi connectivity index (χ3v) is 7.19. The Bertz CT molecular complexity index is 1060. The van der Waals surface area contributed by atoms with Gasteiger partial charge in [0.25, 0.3) is 5.91 Å². The summed E-state index contributed by atoms with van der Waals surface area (Å²) in [7, 11) is 0. The first-order valence-electron chi connectivity index (χ1n) is 12.4. The molecule has 2 heterocycles. The van der Waals surface area contributed by atoms with Crippen LogP contribution in [0.5, 0.6) is 5.75 Å². The summed E-state index contributed by atoms with van der Waals surface area (Å²) in [5.74, 6) is 0.785. The number of amides is 1. The van der Waals surface area contributed by atoms with Crippen molar-refractivity contribution >= 4 is 32.6 Å². The molecule has 0 unspecified atom stereocenters. The summed E-state index contributed by atoms with van der Waals surface area (Å²) in [4.78, 5) is 22.7. The van der Waals surface area contributed by atoms with Crippen molar-refractivity contribution in [3.05, 3.63) is 53.6 Å². The molecule has 0 saturated carbocycles. The van der Waals surface area contributed by atoms with E-state index in [1.165, 1.54) is 5.56 Å². The average Bonchev–Trinajstić information content (AvgIpc) is 3.30. The lowest BCUT2D eigenvalue weighted by molar-refractivity contribution is 0.0376. The monoisotopic (exact) mass is 481 g/mol. The van der Waals surface area contributed by atoms with Crippen molar-refractivity contribution in [1.82, 2.24) is 9.88 Å². The second-order valence-corrected chi connectivity index (χ2v) is 9.65. The maximum atomic E-state index is 13.6. The first-order valence-corrected chi connectivity index (χ1v) is 13.2. The smallest absolute Gasteiger partial charge is 0.260 e. The van der Waals surface area contributed by atoms with Crippen LogP contribution in [0.2, 0.25) is 0 Å². The number of aromatic nitrogens is 1. The number of fused-ring (bicyclic) bond motifs is 1. The molecule has 1 aliphatic rings. The third kappa shape index (κ3) is 6.34. The topological polar surface area (TPSA) is 54.9 Å². The number of hydrogen-bond donors (Lipinski definition) is 0. The summed E-state index contributed by atoms with van der Waals surface area (Å²) in [6, 6.07) is 13.9. The fourth-order valence-corrected chi connectivity index (χ4v) is 5.09. The molecule has 1 aliphatic heterocycles. The lowest BCUT2D eigenvalue weighted by Crippen LogP contribution is -2.39. The molecule has 34 heavy (non-hydrogen) atoms. The molecular formula is C27H35N3O3S. The number of aryl methyl sites for hydroxylation is 1. The number of carbonyl (C=O) groups excluding carboxylic acids is 1. The molecule has 182 valence electrons. The minimum absolute atomic E-state index is 0.0168. The predicted molar refractivity (Wildman–Crippen MR) is 139 cm³/mol. The summed E-state index contributed by atoms with van der Waals surface area (Å²) < 4.78 is 12.4. The summed E-state index contributed by atoms with van der Waals surface area (Å²) in [6.45, 7) is 10.0. The van der Waals surface area contributed by atoms with E-state index in [0.29, 0.717) is 18.7 Å². The predicted octanol–water partition coefficient (Wildman–Crippen LogP) is 5.41. The van der Waals surface area contributed by atoms with Crippen molar-refractivity contribution in [1.29, 1.82) is 0 Å². The Morgan fingerprint density at radius 3 is 2.65 bits per heavy atom. The first kappa shape index (κ1) is 24.6. The lowest BCUT2D eigenvalue weighted by Gasteiger charge is -2.27. The molecule has 4 rings (SSSR count). The van der Waals surface area contributed by atoms with Gasteiger partial charge in [-0.25, -0.2) is 4.98 Å². The highest BCUT2D eigenvalue weighted by molar-refractivity contribution is 7.22. The molecule has 1 saturated heterocycles. The van der Waals surface area contributed by atoms with Crippen LogP contribution >= 0.6 is 11.3 Å². The number of morpholine rings is 1. The van der Waals surface area contributed by atoms with E-state index < -0.39 is 0 Å². The average molecular weight is 482 g/mol. The number of anilines is 1. The molecular weight excluding hydrogens is 446 g/mol. The van der Waals surface area contributed by atoms with Crippen molar-refractivity contribution in [2.24, 2.45) is 0 Å². The van der Waals surface area contributed by atoms with E-state index in [1.54, 1.807) is 11.3 Å². The molecule has 0 bridgehead atoms. The van der Waals surface area contributed by atoms with Crippen LogP contribution < -0.4 is 9.64 Å². The van der Waals surface area contributed by atoms with Crippen molar-refractivity contribution in [3.8, 4) is 5.75 Å². The third-order valence-electron chi connectivity index (χ3n) is 6.15. The van der Waals surface area contributed by atoms with Gasteiger partial charge in [0.1, 0.15) is 5.75 Å². The van der Waals surface area contributed by atoms with Gasteiger partial charge in [0.05, 0.1) is 30.0 Å². The van der Waals surface area contributed by atoms with E-state index >= 15 is 0 Å². The Hall–Kier alpha value is -2.48. The molecule has 0 radical (unpaired) electrons. The molecule has 0 atom stereocenters. The van der Waals surface area contributed by atoms with E-state index in [2.05, 4.69) is 36.9 Å². The number of unbranched alkanes of at least 4 members (excludes halogenated alkanes) is 1. The number of rotatable bonds is 11. The van der Waals surface area contributed by atoms with E-state index in [4.69, 9.17) is 14.5 Å². The minimum Gasteiger partial charge on any atom is -0.494 e. The van der Waals surface area contributed by atoms with Crippen molar-refractivity contribution < 1.29 is 14.3 Å². The molecule has 1 aromatic heterocycles. The van der Waals surface area contributed by atoms with Crippen molar-refractivity contribution in [3.63, 3.8) is 0 Å². The Morgan fingerprint density at radius 1 is 1.12 bits per heavy atom. The van der Waals surface area contributed by atoms with Crippen LogP contribution in [0.4, 0.5) is 5.13 Å². The number of carbonyl (C=O) groups is 1. The quantitative estimate of drug-likeness (QED) is 0.343. The van der Waals surface area contributed by atoms with Crippen molar-refractivity contribution in [2.75, 3.05) is 50.9 Å². The van der Waals surface area contributed by atoms with Crippen LogP contribution in [0.25, 0.3) is 10.2 Å². The number of hydrogen-bond acceptors (Lipinski definition) is 6. The highest BCUT2D eigenvalue weighted by Gasteiger charge is 2.22. The summed E-state index contributed by atoms with van der Waals surface area (Å²) in [5, 5.41) is 0.763. The zero-order valence-electron chi connectivity index (χ0n) is 20.3. The highest BCUT2D eigenvalue weighted by Crippen LogP contribution is 2.31. The van der Waals surface area contributed by atoms with Gasteiger partial charge in [0.2, 0.25) is 0 Å². The first-order chi connectivity index (χ1) is 16.7. The molecule has 3 aromatic rings. The molecule has 1 amide bonds. The second kappa shape index (κ2) is 12.3. The van der Waals surface area contributed by atoms with Gasteiger partial charge in [-0.1, -0.05) is 37.7 Å². The van der Waals surface area contributed by atoms with Crippen LogP contribution in [0, 0.1) is 0 Å². The molecule has 0 N–H and O–H groups in total. The summed E-state index contributed by atoms with van der Waals surface area (Å²) in [5.41, 5.74) is 2.89. The van der Waals surface area contributed by atoms with Gasteiger partial charge < -0.3 is 9.47 Å². The molecule has 2 aromatic carbocycles. The maximum Gasteiger partial charge on any atom is 0.260 e. The number of nitrogens with zero attached hydrogens (tertiary/aromatic N) is 3. The van der Waals surface area contributed by atoms with Gasteiger partial charge in [-0.2, -0.15) is 0 Å². The Kier molecular flexibility index (Phi) is 8.91. The Morgan fingerprint density at radius 2 is 1.91 bits per heavy atom. The normalized spacial score (nSPS) is 14.4. The molecule has 7 heteroatoms. The second-order valence-electron chi connectivity index (χ2n) is 8.64. The van der Waals surface area contributed by atoms with Crippen molar-refractivity contribution in [2.45, 2.75) is 39.5 Å². The molecule has 1 fully saturated rings. The zero-order valence-corrected chi connectivity index (χ0v) is 21.1. The largest absolute Gasteiger partial charge is 0.494 e. The Balaban J connectivity index is 1.52. The van der Waals surface area contributed by atoms with E-state index in [9.17, 15) is 4.79 Å². The zero-order chi connectivity index (χ0) is 23.8. The number of thiazole rings is 1. The van der Waals surface area contributed by atoms with Gasteiger partial charge in [0.15, 0.2) is 5.13 Å². The Labute approximate surface area is 206 Å². The van der Waals surface area contributed by atoms with Gasteiger partial charge in [-0.05, 0) is 61.2 Å². The minimum atomic E-state index is -0.0168. The lowest BCUT2D eigenvalue weighted by atomic mass is 10.2. The van der Waals surface area contributed by atoms with E-state index in [0.717, 1.165) is 79.6 Å². The fraction of sp³-hybridized carbons (Fsp3) is 0.481. The molecule has 6 nitrogen and oxygen atoms in total. The number of benzene rings is 2. The van der Waals surface area contributed by atoms with Gasteiger partial charge in [-0.3, -0.25) is 14.6 Å². The SMILES string of the molecule is CCCCOc1ccc(C(=O)N(CCCN2CCOCC2)c2nc3ccc(CC)cc3s2)cc1. The van der Waals surface area contributed by atoms with Crippen LogP contribution in [0.1, 0.15) is 49.0 Å². The van der Waals surface area contributed by atoms with Crippen LogP contribution in [0.15, 0.2) is 42.5 Å². The maximum absolute atomic E-state index is 13.6. The van der Waals surface area contributed by atoms with Gasteiger partial charge in [0, 0.05) is 31.7 Å².